The predicted octanol–water partition coefficient (Wildman–Crippen LogP) is -0.147. The summed E-state index contributed by atoms with van der Waals surface area (Å²) >= 11 is 0. The van der Waals surface area contributed by atoms with Crippen molar-refractivity contribution < 1.29 is 14.4 Å². The minimum absolute atomic E-state index is 0.292. The van der Waals surface area contributed by atoms with Crippen molar-refractivity contribution in [2.75, 3.05) is 46.8 Å². The van der Waals surface area contributed by atoms with Crippen molar-refractivity contribution in [3.05, 3.63) is 0 Å². The zero-order valence-corrected chi connectivity index (χ0v) is 8.49. The van der Waals surface area contributed by atoms with Crippen molar-refractivity contribution in [1.29, 1.82) is 0 Å². The van der Waals surface area contributed by atoms with E-state index in [0.29, 0.717) is 6.42 Å². The number of carboxylic acid groups (broad SMARTS) is 1. The van der Waals surface area contributed by atoms with Crippen molar-refractivity contribution in [1.82, 2.24) is 4.90 Å². The van der Waals surface area contributed by atoms with Crippen LogP contribution in [-0.2, 0) is 4.79 Å². The van der Waals surface area contributed by atoms with Crippen LogP contribution in [0.2, 0.25) is 0 Å². The minimum atomic E-state index is -0.682. The molecule has 1 rings (SSSR count). The highest BCUT2D eigenvalue weighted by Crippen LogP contribution is 2.09. The number of quaternary nitrogens is 1. The number of likely N-dealkylation sites (N-methyl/N-ethyl adjacent to an activating group) is 2. The smallest absolute Gasteiger partial charge is 0.309 e. The molecule has 0 unspecified atom stereocenters. The molecule has 1 aliphatic heterocycles. The van der Waals surface area contributed by atoms with Gasteiger partial charge in [-0.3, -0.25) is 9.69 Å². The maximum Gasteiger partial charge on any atom is 0.309 e. The lowest BCUT2D eigenvalue weighted by Crippen LogP contribution is -2.56. The maximum absolute atomic E-state index is 10.4. The van der Waals surface area contributed by atoms with Crippen LogP contribution in [0.3, 0.4) is 0 Å². The molecule has 0 aliphatic carbocycles. The Hall–Kier alpha value is -0.610. The third-order valence-corrected chi connectivity index (χ3v) is 2.91. The number of nitrogens with zero attached hydrogens (tertiary/aromatic N) is 2. The van der Waals surface area contributed by atoms with E-state index in [2.05, 4.69) is 19.0 Å². The average molecular weight is 187 g/mol. The summed E-state index contributed by atoms with van der Waals surface area (Å²) in [5.74, 6) is -0.682. The zero-order chi connectivity index (χ0) is 9.90. The molecule has 1 N–H and O–H groups in total. The standard InChI is InChI=1S/C9H18N2O2/c1-10-4-7-11(2,8-5-10)6-3-9(12)13/h3-8H2,1-2H3/p+1. The predicted molar refractivity (Wildman–Crippen MR) is 50.5 cm³/mol. The van der Waals surface area contributed by atoms with Gasteiger partial charge in [0.1, 0.15) is 0 Å². The Labute approximate surface area is 79.3 Å². The van der Waals surface area contributed by atoms with E-state index in [4.69, 9.17) is 5.11 Å². The van der Waals surface area contributed by atoms with Crippen LogP contribution in [0.4, 0.5) is 0 Å². The number of carboxylic acids is 1. The zero-order valence-electron chi connectivity index (χ0n) is 8.49. The quantitative estimate of drug-likeness (QED) is 0.625. The van der Waals surface area contributed by atoms with Gasteiger partial charge in [0.05, 0.1) is 33.1 Å². The van der Waals surface area contributed by atoms with E-state index in [9.17, 15) is 4.79 Å². The van der Waals surface area contributed by atoms with E-state index in [1.54, 1.807) is 0 Å². The molecule has 0 spiro atoms. The van der Waals surface area contributed by atoms with E-state index in [1.165, 1.54) is 0 Å². The first-order valence-electron chi connectivity index (χ1n) is 4.76. The molecule has 1 heterocycles. The summed E-state index contributed by atoms with van der Waals surface area (Å²) in [5.41, 5.74) is 0. The molecule has 4 nitrogen and oxygen atoms in total. The van der Waals surface area contributed by atoms with Crippen molar-refractivity contribution in [2.24, 2.45) is 0 Å². The molecule has 0 radical (unpaired) electrons. The Kier molecular flexibility index (Phi) is 3.27. The molecule has 0 atom stereocenters. The fourth-order valence-corrected chi connectivity index (χ4v) is 1.64. The van der Waals surface area contributed by atoms with Gasteiger partial charge in [-0.05, 0) is 7.05 Å². The Morgan fingerprint density at radius 3 is 2.46 bits per heavy atom. The van der Waals surface area contributed by atoms with Gasteiger partial charge in [0.2, 0.25) is 0 Å². The molecule has 0 aromatic heterocycles. The van der Waals surface area contributed by atoms with Crippen LogP contribution in [0.1, 0.15) is 6.42 Å². The summed E-state index contributed by atoms with van der Waals surface area (Å²) in [4.78, 5) is 12.7. The summed E-state index contributed by atoms with van der Waals surface area (Å²) < 4.78 is 0.913. The topological polar surface area (TPSA) is 40.5 Å². The highest BCUT2D eigenvalue weighted by atomic mass is 16.4. The lowest BCUT2D eigenvalue weighted by Gasteiger charge is -2.40. The highest BCUT2D eigenvalue weighted by Gasteiger charge is 2.27. The van der Waals surface area contributed by atoms with Gasteiger partial charge in [-0.15, -0.1) is 0 Å². The normalized spacial score (nSPS) is 22.9. The largest absolute Gasteiger partial charge is 0.481 e. The van der Waals surface area contributed by atoms with Crippen LogP contribution in [0, 0.1) is 0 Å². The molecule has 0 bridgehead atoms. The number of aliphatic carboxylic acids is 1. The third-order valence-electron chi connectivity index (χ3n) is 2.91. The summed E-state index contributed by atoms with van der Waals surface area (Å²) in [6, 6.07) is 0. The molecule has 1 saturated heterocycles. The van der Waals surface area contributed by atoms with Crippen LogP contribution in [-0.4, -0.2) is 67.3 Å². The molecule has 0 saturated carbocycles. The molecule has 0 aromatic rings. The first-order valence-corrected chi connectivity index (χ1v) is 4.76. The molecule has 0 amide bonds. The van der Waals surface area contributed by atoms with Crippen molar-refractivity contribution >= 4 is 5.97 Å². The SMILES string of the molecule is CN1CC[N+](C)(CCC(=O)O)CC1. The van der Waals surface area contributed by atoms with Gasteiger partial charge in [0.15, 0.2) is 0 Å². The van der Waals surface area contributed by atoms with Crippen LogP contribution in [0.5, 0.6) is 0 Å². The van der Waals surface area contributed by atoms with E-state index in [0.717, 1.165) is 37.2 Å². The van der Waals surface area contributed by atoms with Gasteiger partial charge < -0.3 is 9.59 Å². The number of piperazine rings is 1. The van der Waals surface area contributed by atoms with Gasteiger partial charge in [-0.1, -0.05) is 0 Å². The monoisotopic (exact) mass is 187 g/mol. The van der Waals surface area contributed by atoms with Crippen molar-refractivity contribution in [3.8, 4) is 0 Å². The van der Waals surface area contributed by atoms with E-state index in [1.807, 2.05) is 0 Å². The van der Waals surface area contributed by atoms with Crippen LogP contribution in [0.15, 0.2) is 0 Å². The van der Waals surface area contributed by atoms with Crippen molar-refractivity contribution in [2.45, 2.75) is 6.42 Å². The second-order valence-electron chi connectivity index (χ2n) is 4.24. The van der Waals surface area contributed by atoms with Crippen LogP contribution in [0.25, 0.3) is 0 Å². The molecular formula is C9H19N2O2+. The number of hydrogen-bond acceptors (Lipinski definition) is 2. The number of rotatable bonds is 3. The van der Waals surface area contributed by atoms with Gasteiger partial charge in [-0.2, -0.15) is 0 Å². The molecule has 4 heteroatoms. The Morgan fingerprint density at radius 1 is 1.46 bits per heavy atom. The Balaban J connectivity index is 2.34. The fraction of sp³-hybridized carbons (Fsp3) is 0.889. The molecule has 76 valence electrons. The molecule has 0 aromatic carbocycles. The average Bonchev–Trinajstić information content (AvgIpc) is 2.08. The van der Waals surface area contributed by atoms with Gasteiger partial charge in [-0.25, -0.2) is 0 Å². The van der Waals surface area contributed by atoms with Gasteiger partial charge in [0.25, 0.3) is 0 Å². The molecule has 13 heavy (non-hydrogen) atoms. The second kappa shape index (κ2) is 4.07. The minimum Gasteiger partial charge on any atom is -0.481 e. The second-order valence-corrected chi connectivity index (χ2v) is 4.24. The number of hydrogen-bond donors (Lipinski definition) is 1. The molecule has 1 fully saturated rings. The summed E-state index contributed by atoms with van der Waals surface area (Å²) in [5, 5.41) is 8.59. The Morgan fingerprint density at radius 2 is 2.00 bits per heavy atom. The lowest BCUT2D eigenvalue weighted by atomic mass is 10.2. The van der Waals surface area contributed by atoms with E-state index < -0.39 is 5.97 Å². The van der Waals surface area contributed by atoms with Crippen LogP contribution >= 0.6 is 0 Å². The first-order chi connectivity index (χ1) is 6.02. The highest BCUT2D eigenvalue weighted by molar-refractivity contribution is 5.66. The maximum atomic E-state index is 10.4. The lowest BCUT2D eigenvalue weighted by molar-refractivity contribution is -0.913. The molecular weight excluding hydrogens is 168 g/mol. The fourth-order valence-electron chi connectivity index (χ4n) is 1.64. The number of carbonyl (C=O) groups is 1. The van der Waals surface area contributed by atoms with Gasteiger partial charge in [0, 0.05) is 13.1 Å². The van der Waals surface area contributed by atoms with E-state index in [-0.39, 0.29) is 0 Å². The summed E-state index contributed by atoms with van der Waals surface area (Å²) in [6.45, 7) is 5.07. The summed E-state index contributed by atoms with van der Waals surface area (Å²) in [6.07, 6.45) is 0.292. The summed E-state index contributed by atoms with van der Waals surface area (Å²) in [7, 11) is 4.26. The van der Waals surface area contributed by atoms with Gasteiger partial charge >= 0.3 is 5.97 Å². The Bertz CT molecular complexity index is 186. The first kappa shape index (κ1) is 10.5. The molecule has 1 aliphatic rings. The van der Waals surface area contributed by atoms with Crippen LogP contribution < -0.4 is 0 Å². The third kappa shape index (κ3) is 3.32. The van der Waals surface area contributed by atoms with E-state index >= 15 is 0 Å². The van der Waals surface area contributed by atoms with Crippen molar-refractivity contribution in [3.63, 3.8) is 0 Å².